The Balaban J connectivity index is 1.33. The van der Waals surface area contributed by atoms with Crippen LogP contribution in [0.2, 0.25) is 0 Å². The van der Waals surface area contributed by atoms with Crippen molar-refractivity contribution in [2.24, 2.45) is 11.8 Å². The number of amides is 1. The lowest BCUT2D eigenvalue weighted by Gasteiger charge is -2.32. The van der Waals surface area contributed by atoms with Gasteiger partial charge < -0.3 is 10.1 Å². The van der Waals surface area contributed by atoms with Crippen LogP contribution >= 0.6 is 0 Å². The summed E-state index contributed by atoms with van der Waals surface area (Å²) in [5.74, 6) is 0.988. The third-order valence-electron chi connectivity index (χ3n) is 5.36. The molecule has 2 heterocycles. The van der Waals surface area contributed by atoms with E-state index in [1.807, 2.05) is 0 Å². The molecule has 0 radical (unpaired) electrons. The second kappa shape index (κ2) is 6.25. The molecule has 2 bridgehead atoms. The Morgan fingerprint density at radius 3 is 2.78 bits per heavy atom. The minimum atomic E-state index is 0.0433. The van der Waals surface area contributed by atoms with Crippen LogP contribution < -0.4 is 5.32 Å². The number of hydrogen-bond donors (Lipinski definition) is 1. The Kier molecular flexibility index (Phi) is 4.12. The molecule has 4 heteroatoms. The summed E-state index contributed by atoms with van der Waals surface area (Å²) in [5.41, 5.74) is 2.63. The van der Waals surface area contributed by atoms with Crippen LogP contribution in [0.25, 0.3) is 0 Å². The third-order valence-corrected chi connectivity index (χ3v) is 5.36. The second-order valence-corrected chi connectivity index (χ2v) is 7.51. The lowest BCUT2D eigenvalue weighted by molar-refractivity contribution is -0.128. The van der Waals surface area contributed by atoms with Gasteiger partial charge in [-0.15, -0.1) is 0 Å². The Morgan fingerprint density at radius 2 is 2.04 bits per heavy atom. The number of nitrogens with zero attached hydrogens (tertiary/aromatic N) is 1. The molecule has 0 aromatic heterocycles. The molecule has 1 amide bonds. The molecule has 23 heavy (non-hydrogen) atoms. The highest BCUT2D eigenvalue weighted by Gasteiger charge is 2.44. The molecule has 1 aromatic carbocycles. The fraction of sp³-hybridized carbons (Fsp3) is 0.632. The second-order valence-electron chi connectivity index (χ2n) is 7.51. The molecule has 1 N–H and O–H groups in total. The molecular formula is C19H26N2O2. The van der Waals surface area contributed by atoms with E-state index in [9.17, 15) is 4.79 Å². The van der Waals surface area contributed by atoms with Crippen molar-refractivity contribution in [2.75, 3.05) is 19.6 Å². The van der Waals surface area contributed by atoms with Crippen molar-refractivity contribution >= 4 is 5.91 Å². The third kappa shape index (κ3) is 3.59. The van der Waals surface area contributed by atoms with E-state index in [0.717, 1.165) is 38.5 Å². The predicted octanol–water partition coefficient (Wildman–Crippen LogP) is 2.11. The highest BCUT2D eigenvalue weighted by molar-refractivity contribution is 5.79. The van der Waals surface area contributed by atoms with Gasteiger partial charge in [-0.05, 0) is 37.7 Å². The number of carbonyl (C=O) groups is 1. The van der Waals surface area contributed by atoms with Gasteiger partial charge in [0.1, 0.15) is 0 Å². The number of morpholine rings is 1. The van der Waals surface area contributed by atoms with Crippen molar-refractivity contribution in [3.05, 3.63) is 35.4 Å². The van der Waals surface area contributed by atoms with Gasteiger partial charge in [-0.1, -0.05) is 29.8 Å². The minimum Gasteiger partial charge on any atom is -0.371 e. The van der Waals surface area contributed by atoms with Gasteiger partial charge >= 0.3 is 0 Å². The Labute approximate surface area is 138 Å². The van der Waals surface area contributed by atoms with Crippen molar-refractivity contribution in [2.45, 2.75) is 44.9 Å². The highest BCUT2D eigenvalue weighted by atomic mass is 16.5. The van der Waals surface area contributed by atoms with Gasteiger partial charge in [0, 0.05) is 26.2 Å². The van der Waals surface area contributed by atoms with Crippen LogP contribution in [0.3, 0.4) is 0 Å². The first-order valence-electron chi connectivity index (χ1n) is 8.88. The maximum absolute atomic E-state index is 12.4. The van der Waals surface area contributed by atoms with Crippen LogP contribution in [0.15, 0.2) is 24.3 Å². The number of rotatable bonds is 5. The summed E-state index contributed by atoms with van der Waals surface area (Å²) in [6.07, 6.45) is 3.72. The summed E-state index contributed by atoms with van der Waals surface area (Å²) in [6.45, 7) is 5.74. The van der Waals surface area contributed by atoms with E-state index in [2.05, 4.69) is 41.4 Å². The van der Waals surface area contributed by atoms with Crippen molar-refractivity contribution in [3.8, 4) is 0 Å². The summed E-state index contributed by atoms with van der Waals surface area (Å²) in [4.78, 5) is 14.9. The number of carbonyl (C=O) groups excluding carboxylic acids is 1. The number of nitrogens with one attached hydrogen (secondary N) is 1. The molecule has 4 rings (SSSR count). The molecular weight excluding hydrogens is 288 g/mol. The zero-order valence-corrected chi connectivity index (χ0v) is 13.8. The molecule has 0 unspecified atom stereocenters. The first kappa shape index (κ1) is 15.2. The lowest BCUT2D eigenvalue weighted by Crippen LogP contribution is -2.45. The summed E-state index contributed by atoms with van der Waals surface area (Å²) < 4.78 is 6.04. The molecule has 3 aliphatic rings. The van der Waals surface area contributed by atoms with Gasteiger partial charge in [0.15, 0.2) is 0 Å². The lowest BCUT2D eigenvalue weighted by atomic mass is 9.99. The van der Waals surface area contributed by atoms with Gasteiger partial charge in [0.25, 0.3) is 0 Å². The molecule has 124 valence electrons. The molecule has 1 aliphatic carbocycles. The molecule has 3 fully saturated rings. The van der Waals surface area contributed by atoms with E-state index in [1.54, 1.807) is 0 Å². The molecule has 4 nitrogen and oxygen atoms in total. The highest BCUT2D eigenvalue weighted by Crippen LogP contribution is 2.33. The van der Waals surface area contributed by atoms with Gasteiger partial charge in [-0.2, -0.15) is 0 Å². The maximum Gasteiger partial charge on any atom is 0.225 e. The van der Waals surface area contributed by atoms with E-state index < -0.39 is 0 Å². The van der Waals surface area contributed by atoms with Crippen LogP contribution in [0.5, 0.6) is 0 Å². The zero-order chi connectivity index (χ0) is 15.8. The largest absolute Gasteiger partial charge is 0.371 e. The number of ether oxygens (including phenoxy) is 1. The van der Waals surface area contributed by atoms with Gasteiger partial charge in [0.2, 0.25) is 5.91 Å². The Hall–Kier alpha value is -1.39. The smallest absolute Gasteiger partial charge is 0.225 e. The minimum absolute atomic E-state index is 0.0433. The summed E-state index contributed by atoms with van der Waals surface area (Å²) in [6, 6.07) is 8.73. The number of aryl methyl sites for hydroxylation is 1. The van der Waals surface area contributed by atoms with Crippen LogP contribution in [0.4, 0.5) is 0 Å². The van der Waals surface area contributed by atoms with Gasteiger partial charge in [-0.3, -0.25) is 9.69 Å². The summed E-state index contributed by atoms with van der Waals surface area (Å²) in [5, 5.41) is 3.13. The van der Waals surface area contributed by atoms with Crippen LogP contribution in [0, 0.1) is 18.8 Å². The van der Waals surface area contributed by atoms with E-state index in [1.165, 1.54) is 24.0 Å². The molecule has 1 saturated carbocycles. The van der Waals surface area contributed by atoms with Gasteiger partial charge in [-0.25, -0.2) is 0 Å². The van der Waals surface area contributed by atoms with E-state index in [4.69, 9.17) is 4.74 Å². The Bertz CT molecular complexity index is 567. The molecule has 0 spiro atoms. The van der Waals surface area contributed by atoms with Crippen LogP contribution in [-0.4, -0.2) is 42.6 Å². The van der Waals surface area contributed by atoms with E-state index in [-0.39, 0.29) is 24.0 Å². The number of benzene rings is 1. The normalized spacial score (nSPS) is 30.4. The van der Waals surface area contributed by atoms with E-state index in [0.29, 0.717) is 0 Å². The number of fused-ring (bicyclic) bond motifs is 2. The average molecular weight is 314 g/mol. The van der Waals surface area contributed by atoms with Crippen molar-refractivity contribution < 1.29 is 9.53 Å². The van der Waals surface area contributed by atoms with Crippen molar-refractivity contribution in [1.82, 2.24) is 10.2 Å². The number of likely N-dealkylation sites (tertiary alicyclic amines) is 1. The zero-order valence-electron chi connectivity index (χ0n) is 13.8. The fourth-order valence-electron chi connectivity index (χ4n) is 3.79. The standard InChI is InChI=1S/C19H26N2O2/c1-13-2-4-15(5-3-13)10-21-11-16-8-17(18(12-21)23-16)19(22)20-9-14-6-7-14/h2-5,14,16-18H,6-12H2,1H3,(H,20,22)/t16-,17+,18-/m1/s1. The first-order chi connectivity index (χ1) is 11.2. The van der Waals surface area contributed by atoms with Crippen LogP contribution in [0.1, 0.15) is 30.4 Å². The summed E-state index contributed by atoms with van der Waals surface area (Å²) >= 11 is 0. The predicted molar refractivity (Wildman–Crippen MR) is 89.0 cm³/mol. The fourth-order valence-corrected chi connectivity index (χ4v) is 3.79. The number of hydrogen-bond acceptors (Lipinski definition) is 3. The molecule has 1 aromatic rings. The maximum atomic E-state index is 12.4. The van der Waals surface area contributed by atoms with Gasteiger partial charge in [0.05, 0.1) is 18.1 Å². The molecule has 2 aliphatic heterocycles. The molecule has 2 saturated heterocycles. The van der Waals surface area contributed by atoms with Crippen LogP contribution in [-0.2, 0) is 16.1 Å². The topological polar surface area (TPSA) is 41.6 Å². The quantitative estimate of drug-likeness (QED) is 0.905. The SMILES string of the molecule is Cc1ccc(CN2C[C@H]3C[C@H](C(=O)NCC4CC4)[C@@H](C2)O3)cc1. The van der Waals surface area contributed by atoms with Crippen molar-refractivity contribution in [3.63, 3.8) is 0 Å². The first-order valence-corrected chi connectivity index (χ1v) is 8.88. The van der Waals surface area contributed by atoms with E-state index >= 15 is 0 Å². The van der Waals surface area contributed by atoms with Crippen molar-refractivity contribution in [1.29, 1.82) is 0 Å². The Morgan fingerprint density at radius 1 is 1.26 bits per heavy atom. The average Bonchev–Trinajstić information content (AvgIpc) is 3.32. The summed E-state index contributed by atoms with van der Waals surface area (Å²) in [7, 11) is 0. The monoisotopic (exact) mass is 314 g/mol. The molecule has 3 atom stereocenters.